The van der Waals surface area contributed by atoms with Crippen LogP contribution in [-0.4, -0.2) is 21.1 Å². The standard InChI is InChI=1S/C13H18N4/c1-4-15-13-16-11(3)8-17(13)9-12-5-6-14-7-10(12)2/h5-8H,4,9H2,1-3H3,(H,15,16). The molecule has 2 heterocycles. The van der Waals surface area contributed by atoms with E-state index in [9.17, 15) is 0 Å². The maximum absolute atomic E-state index is 4.46. The Hall–Kier alpha value is -1.84. The van der Waals surface area contributed by atoms with E-state index < -0.39 is 0 Å². The molecule has 0 radical (unpaired) electrons. The van der Waals surface area contributed by atoms with Crippen LogP contribution in [0.15, 0.2) is 24.7 Å². The quantitative estimate of drug-likeness (QED) is 0.877. The molecule has 0 aliphatic heterocycles. The topological polar surface area (TPSA) is 42.7 Å². The smallest absolute Gasteiger partial charge is 0.203 e. The van der Waals surface area contributed by atoms with E-state index in [0.29, 0.717) is 0 Å². The molecule has 2 aromatic rings. The average molecular weight is 230 g/mol. The SMILES string of the molecule is CCNc1nc(C)cn1Cc1ccncc1C. The number of anilines is 1. The first-order chi connectivity index (χ1) is 8.20. The number of nitrogens with one attached hydrogen (secondary N) is 1. The molecule has 90 valence electrons. The lowest BCUT2D eigenvalue weighted by Gasteiger charge is -2.09. The molecule has 0 fully saturated rings. The van der Waals surface area contributed by atoms with Crippen molar-refractivity contribution >= 4 is 5.95 Å². The summed E-state index contributed by atoms with van der Waals surface area (Å²) in [7, 11) is 0. The summed E-state index contributed by atoms with van der Waals surface area (Å²) in [4.78, 5) is 8.57. The number of nitrogens with zero attached hydrogens (tertiary/aromatic N) is 3. The van der Waals surface area contributed by atoms with E-state index in [1.807, 2.05) is 19.3 Å². The molecule has 4 heteroatoms. The van der Waals surface area contributed by atoms with E-state index >= 15 is 0 Å². The van der Waals surface area contributed by atoms with Crippen LogP contribution in [0.2, 0.25) is 0 Å². The summed E-state index contributed by atoms with van der Waals surface area (Å²) in [5.41, 5.74) is 3.52. The molecule has 0 aliphatic rings. The van der Waals surface area contributed by atoms with Gasteiger partial charge in [0.1, 0.15) is 0 Å². The molecule has 0 atom stereocenters. The van der Waals surface area contributed by atoms with Crippen LogP contribution in [0.3, 0.4) is 0 Å². The third-order valence-electron chi connectivity index (χ3n) is 2.71. The van der Waals surface area contributed by atoms with Crippen molar-refractivity contribution < 1.29 is 0 Å². The molecule has 0 aromatic carbocycles. The monoisotopic (exact) mass is 230 g/mol. The lowest BCUT2D eigenvalue weighted by molar-refractivity contribution is 0.792. The molecule has 2 aromatic heterocycles. The van der Waals surface area contributed by atoms with Crippen molar-refractivity contribution in [2.24, 2.45) is 0 Å². The number of aryl methyl sites for hydroxylation is 2. The molecule has 0 spiro atoms. The minimum atomic E-state index is 0.831. The molecule has 0 bridgehead atoms. The van der Waals surface area contributed by atoms with Crippen molar-refractivity contribution in [3.8, 4) is 0 Å². The normalized spacial score (nSPS) is 10.5. The summed E-state index contributed by atoms with van der Waals surface area (Å²) in [6, 6.07) is 2.06. The Labute approximate surface area is 102 Å². The third-order valence-corrected chi connectivity index (χ3v) is 2.71. The molecular formula is C13H18N4. The van der Waals surface area contributed by atoms with Gasteiger partial charge >= 0.3 is 0 Å². The van der Waals surface area contributed by atoms with Crippen LogP contribution in [0.5, 0.6) is 0 Å². The van der Waals surface area contributed by atoms with Crippen LogP contribution in [0.4, 0.5) is 5.95 Å². The molecule has 0 saturated heterocycles. The van der Waals surface area contributed by atoms with Crippen molar-refractivity contribution in [1.29, 1.82) is 0 Å². The zero-order valence-corrected chi connectivity index (χ0v) is 10.6. The summed E-state index contributed by atoms with van der Waals surface area (Å²) < 4.78 is 2.14. The zero-order chi connectivity index (χ0) is 12.3. The Bertz CT molecular complexity index is 502. The molecule has 0 amide bonds. The number of rotatable bonds is 4. The minimum Gasteiger partial charge on any atom is -0.356 e. The van der Waals surface area contributed by atoms with E-state index in [1.54, 1.807) is 0 Å². The molecule has 2 rings (SSSR count). The van der Waals surface area contributed by atoms with Gasteiger partial charge in [0.25, 0.3) is 0 Å². The number of pyridine rings is 1. The molecule has 4 nitrogen and oxygen atoms in total. The minimum absolute atomic E-state index is 0.831. The predicted octanol–water partition coefficient (Wildman–Crippen LogP) is 2.38. The van der Waals surface area contributed by atoms with Gasteiger partial charge in [0, 0.05) is 25.1 Å². The Kier molecular flexibility index (Phi) is 3.42. The Morgan fingerprint density at radius 1 is 1.35 bits per heavy atom. The largest absolute Gasteiger partial charge is 0.356 e. The zero-order valence-electron chi connectivity index (χ0n) is 10.6. The van der Waals surface area contributed by atoms with Crippen molar-refractivity contribution in [2.45, 2.75) is 27.3 Å². The second kappa shape index (κ2) is 4.99. The molecular weight excluding hydrogens is 212 g/mol. The summed E-state index contributed by atoms with van der Waals surface area (Å²) in [5.74, 6) is 0.932. The fraction of sp³-hybridized carbons (Fsp3) is 0.385. The first kappa shape index (κ1) is 11.6. The maximum Gasteiger partial charge on any atom is 0.203 e. The van der Waals surface area contributed by atoms with Crippen molar-refractivity contribution in [2.75, 3.05) is 11.9 Å². The molecule has 0 unspecified atom stereocenters. The van der Waals surface area contributed by atoms with Gasteiger partial charge in [-0.05, 0) is 38.0 Å². The summed E-state index contributed by atoms with van der Waals surface area (Å²) in [6.45, 7) is 7.88. The number of hydrogen-bond acceptors (Lipinski definition) is 3. The highest BCUT2D eigenvalue weighted by molar-refractivity contribution is 5.31. The van der Waals surface area contributed by atoms with Crippen LogP contribution in [-0.2, 0) is 6.54 Å². The summed E-state index contributed by atoms with van der Waals surface area (Å²) >= 11 is 0. The highest BCUT2D eigenvalue weighted by Gasteiger charge is 2.06. The van der Waals surface area contributed by atoms with Crippen LogP contribution in [0.25, 0.3) is 0 Å². The van der Waals surface area contributed by atoms with Crippen molar-refractivity contribution in [3.63, 3.8) is 0 Å². The van der Waals surface area contributed by atoms with Crippen molar-refractivity contribution in [1.82, 2.24) is 14.5 Å². The lowest BCUT2D eigenvalue weighted by Crippen LogP contribution is -2.08. The van der Waals surface area contributed by atoms with Gasteiger partial charge in [0.05, 0.1) is 12.2 Å². The third kappa shape index (κ3) is 2.64. The fourth-order valence-electron chi connectivity index (χ4n) is 1.83. The second-order valence-corrected chi connectivity index (χ2v) is 4.17. The molecule has 0 aliphatic carbocycles. The highest BCUT2D eigenvalue weighted by Crippen LogP contribution is 2.13. The lowest BCUT2D eigenvalue weighted by atomic mass is 10.1. The predicted molar refractivity (Wildman–Crippen MR) is 69.2 cm³/mol. The van der Waals surface area contributed by atoms with E-state index in [0.717, 1.165) is 24.7 Å². The molecule has 17 heavy (non-hydrogen) atoms. The Balaban J connectivity index is 2.26. The number of hydrogen-bond donors (Lipinski definition) is 1. The van der Waals surface area contributed by atoms with Gasteiger partial charge in [-0.2, -0.15) is 0 Å². The van der Waals surface area contributed by atoms with Crippen LogP contribution in [0, 0.1) is 13.8 Å². The van der Waals surface area contributed by atoms with Gasteiger partial charge in [0.2, 0.25) is 5.95 Å². The number of aromatic nitrogens is 3. The van der Waals surface area contributed by atoms with E-state index in [2.05, 4.69) is 46.0 Å². The highest BCUT2D eigenvalue weighted by atomic mass is 15.2. The van der Waals surface area contributed by atoms with Crippen molar-refractivity contribution in [3.05, 3.63) is 41.5 Å². The van der Waals surface area contributed by atoms with Gasteiger partial charge in [-0.3, -0.25) is 4.98 Å². The average Bonchev–Trinajstić information content (AvgIpc) is 2.63. The fourth-order valence-corrected chi connectivity index (χ4v) is 1.83. The van der Waals surface area contributed by atoms with Crippen LogP contribution < -0.4 is 5.32 Å². The van der Waals surface area contributed by atoms with Gasteiger partial charge in [0.15, 0.2) is 0 Å². The van der Waals surface area contributed by atoms with Gasteiger partial charge in [-0.15, -0.1) is 0 Å². The van der Waals surface area contributed by atoms with Gasteiger partial charge in [-0.1, -0.05) is 0 Å². The van der Waals surface area contributed by atoms with Crippen LogP contribution >= 0.6 is 0 Å². The summed E-state index contributed by atoms with van der Waals surface area (Å²) in [6.07, 6.45) is 5.79. The van der Waals surface area contributed by atoms with Gasteiger partial charge in [-0.25, -0.2) is 4.98 Å². The van der Waals surface area contributed by atoms with Crippen LogP contribution in [0.1, 0.15) is 23.7 Å². The maximum atomic E-state index is 4.46. The number of imidazole rings is 1. The van der Waals surface area contributed by atoms with E-state index in [1.165, 1.54) is 11.1 Å². The summed E-state index contributed by atoms with van der Waals surface area (Å²) in [5, 5.41) is 3.27. The first-order valence-corrected chi connectivity index (χ1v) is 5.88. The van der Waals surface area contributed by atoms with E-state index in [4.69, 9.17) is 0 Å². The Morgan fingerprint density at radius 2 is 2.18 bits per heavy atom. The van der Waals surface area contributed by atoms with E-state index in [-0.39, 0.29) is 0 Å². The second-order valence-electron chi connectivity index (χ2n) is 4.17. The van der Waals surface area contributed by atoms with Gasteiger partial charge < -0.3 is 9.88 Å². The molecule has 1 N–H and O–H groups in total. The Morgan fingerprint density at radius 3 is 2.88 bits per heavy atom. The molecule has 0 saturated carbocycles. The first-order valence-electron chi connectivity index (χ1n) is 5.88.